The number of piperidine rings is 1. The lowest BCUT2D eigenvalue weighted by Gasteiger charge is -2.32. The van der Waals surface area contributed by atoms with Crippen molar-refractivity contribution in [2.75, 3.05) is 26.7 Å². The predicted octanol–water partition coefficient (Wildman–Crippen LogP) is 2.55. The molecule has 1 atom stereocenters. The smallest absolute Gasteiger partial charge is 0.251 e. The molecule has 0 bridgehead atoms. The summed E-state index contributed by atoms with van der Waals surface area (Å²) in [5.74, 6) is 0.164. The maximum atomic E-state index is 12.7. The fraction of sp³-hybridized carbons (Fsp3) is 0.409. The monoisotopic (exact) mass is 415 g/mol. The van der Waals surface area contributed by atoms with Gasteiger partial charge in [0, 0.05) is 25.2 Å². The van der Waals surface area contributed by atoms with Crippen LogP contribution < -0.4 is 10.0 Å². The van der Waals surface area contributed by atoms with E-state index in [1.165, 1.54) is 24.7 Å². The molecule has 156 valence electrons. The molecule has 1 unspecified atom stereocenters. The van der Waals surface area contributed by atoms with Crippen LogP contribution in [0.1, 0.15) is 34.3 Å². The lowest BCUT2D eigenvalue weighted by Crippen LogP contribution is -2.40. The first-order valence-corrected chi connectivity index (χ1v) is 11.5. The minimum Gasteiger partial charge on any atom is -0.352 e. The molecule has 3 rings (SSSR count). The lowest BCUT2D eigenvalue weighted by atomic mass is 9.97. The summed E-state index contributed by atoms with van der Waals surface area (Å²) in [5, 5.41) is 3.01. The largest absolute Gasteiger partial charge is 0.352 e. The first kappa shape index (κ1) is 21.5. The molecule has 2 aromatic carbocycles. The van der Waals surface area contributed by atoms with E-state index in [1.807, 2.05) is 13.0 Å². The lowest BCUT2D eigenvalue weighted by molar-refractivity contribution is 0.0929. The highest BCUT2D eigenvalue weighted by atomic mass is 32.2. The van der Waals surface area contributed by atoms with Gasteiger partial charge in [0.1, 0.15) is 0 Å². The van der Waals surface area contributed by atoms with Crippen molar-refractivity contribution < 1.29 is 13.2 Å². The Balaban J connectivity index is 1.59. The number of sulfonamides is 1. The number of aryl methyl sites for hydroxylation is 1. The topological polar surface area (TPSA) is 78.5 Å². The molecule has 0 saturated carbocycles. The van der Waals surface area contributed by atoms with Crippen molar-refractivity contribution in [3.63, 3.8) is 0 Å². The SMILES string of the molecule is CNS(=O)(=O)c1ccc(C)c(C(=O)NCC2CCCN(Cc3ccccc3)C2)c1. The fourth-order valence-electron chi connectivity index (χ4n) is 3.77. The molecule has 2 N–H and O–H groups in total. The van der Waals surface area contributed by atoms with Crippen molar-refractivity contribution in [1.82, 2.24) is 14.9 Å². The third kappa shape index (κ3) is 5.65. The van der Waals surface area contributed by atoms with Crippen LogP contribution >= 0.6 is 0 Å². The van der Waals surface area contributed by atoms with E-state index >= 15 is 0 Å². The molecule has 0 spiro atoms. The van der Waals surface area contributed by atoms with Crippen molar-refractivity contribution in [2.45, 2.75) is 31.2 Å². The van der Waals surface area contributed by atoms with Crippen molar-refractivity contribution in [2.24, 2.45) is 5.92 Å². The molecule has 1 fully saturated rings. The summed E-state index contributed by atoms with van der Waals surface area (Å²) in [7, 11) is -2.22. The van der Waals surface area contributed by atoms with E-state index in [4.69, 9.17) is 0 Å². The summed E-state index contributed by atoms with van der Waals surface area (Å²) in [6.45, 7) is 5.35. The number of rotatable bonds is 7. The Bertz CT molecular complexity index is 945. The number of hydrogen-bond donors (Lipinski definition) is 2. The zero-order chi connectivity index (χ0) is 20.9. The van der Waals surface area contributed by atoms with Crippen LogP contribution in [0.25, 0.3) is 0 Å². The van der Waals surface area contributed by atoms with Crippen molar-refractivity contribution in [3.05, 3.63) is 65.2 Å². The zero-order valence-corrected chi connectivity index (χ0v) is 17.8. The highest BCUT2D eigenvalue weighted by Gasteiger charge is 2.22. The van der Waals surface area contributed by atoms with E-state index in [2.05, 4.69) is 39.2 Å². The van der Waals surface area contributed by atoms with Gasteiger partial charge in [-0.3, -0.25) is 9.69 Å². The minimum absolute atomic E-state index is 0.0995. The molecule has 6 nitrogen and oxygen atoms in total. The van der Waals surface area contributed by atoms with Crippen LogP contribution in [-0.2, 0) is 16.6 Å². The second kappa shape index (κ2) is 9.52. The first-order chi connectivity index (χ1) is 13.9. The van der Waals surface area contributed by atoms with Crippen LogP contribution in [0.2, 0.25) is 0 Å². The molecule has 0 aromatic heterocycles. The molecule has 1 aliphatic heterocycles. The number of carbonyl (C=O) groups excluding carboxylic acids is 1. The molecule has 1 heterocycles. The normalized spacial score (nSPS) is 17.8. The van der Waals surface area contributed by atoms with Gasteiger partial charge >= 0.3 is 0 Å². The first-order valence-electron chi connectivity index (χ1n) is 9.97. The fourth-order valence-corrected chi connectivity index (χ4v) is 4.52. The Morgan fingerprint density at radius 3 is 2.66 bits per heavy atom. The number of nitrogens with zero attached hydrogens (tertiary/aromatic N) is 1. The van der Waals surface area contributed by atoms with Gasteiger partial charge in [-0.05, 0) is 62.5 Å². The molecule has 1 amide bonds. The van der Waals surface area contributed by atoms with Crippen molar-refractivity contribution in [1.29, 1.82) is 0 Å². The van der Waals surface area contributed by atoms with E-state index in [1.54, 1.807) is 6.07 Å². The Labute approximate surface area is 173 Å². The number of nitrogens with one attached hydrogen (secondary N) is 2. The van der Waals surface area contributed by atoms with Crippen LogP contribution in [0, 0.1) is 12.8 Å². The van der Waals surface area contributed by atoms with E-state index in [0.29, 0.717) is 18.0 Å². The van der Waals surface area contributed by atoms with Crippen LogP contribution in [0.5, 0.6) is 0 Å². The quantitative estimate of drug-likeness (QED) is 0.729. The maximum absolute atomic E-state index is 12.7. The summed E-state index contributed by atoms with van der Waals surface area (Å²) < 4.78 is 26.3. The molecule has 1 aliphatic rings. The van der Waals surface area contributed by atoms with Gasteiger partial charge in [0.25, 0.3) is 5.91 Å². The number of hydrogen-bond acceptors (Lipinski definition) is 4. The van der Waals surface area contributed by atoms with Crippen LogP contribution in [0.3, 0.4) is 0 Å². The zero-order valence-electron chi connectivity index (χ0n) is 17.0. The minimum atomic E-state index is -3.58. The van der Waals surface area contributed by atoms with Gasteiger partial charge in [-0.2, -0.15) is 0 Å². The van der Waals surface area contributed by atoms with Gasteiger partial charge < -0.3 is 5.32 Å². The van der Waals surface area contributed by atoms with Crippen LogP contribution in [-0.4, -0.2) is 45.9 Å². The van der Waals surface area contributed by atoms with Gasteiger partial charge in [-0.25, -0.2) is 13.1 Å². The third-order valence-corrected chi connectivity index (χ3v) is 6.85. The molecule has 1 saturated heterocycles. The number of benzene rings is 2. The molecule has 2 aromatic rings. The second-order valence-electron chi connectivity index (χ2n) is 7.62. The molecular formula is C22H29N3O3S. The summed E-state index contributed by atoms with van der Waals surface area (Å²) in [4.78, 5) is 15.2. The van der Waals surface area contributed by atoms with Crippen LogP contribution in [0.15, 0.2) is 53.4 Å². The van der Waals surface area contributed by atoms with E-state index in [-0.39, 0.29) is 10.8 Å². The second-order valence-corrected chi connectivity index (χ2v) is 9.51. The standard InChI is InChI=1S/C22H29N3O3S/c1-17-10-11-20(29(27,28)23-2)13-21(17)22(26)24-14-19-9-6-12-25(16-19)15-18-7-4-3-5-8-18/h3-5,7-8,10-11,13,19,23H,6,9,12,14-16H2,1-2H3,(H,24,26). The summed E-state index contributed by atoms with van der Waals surface area (Å²) in [6.07, 6.45) is 2.20. The van der Waals surface area contributed by atoms with Gasteiger partial charge in [-0.1, -0.05) is 36.4 Å². The number of likely N-dealkylation sites (tertiary alicyclic amines) is 1. The van der Waals surface area contributed by atoms with Crippen molar-refractivity contribution in [3.8, 4) is 0 Å². The van der Waals surface area contributed by atoms with Crippen molar-refractivity contribution >= 4 is 15.9 Å². The maximum Gasteiger partial charge on any atom is 0.251 e. The van der Waals surface area contributed by atoms with Gasteiger partial charge in [0.15, 0.2) is 0 Å². The van der Waals surface area contributed by atoms with Gasteiger partial charge in [-0.15, -0.1) is 0 Å². The highest BCUT2D eigenvalue weighted by molar-refractivity contribution is 7.89. The van der Waals surface area contributed by atoms with E-state index < -0.39 is 10.0 Å². The Morgan fingerprint density at radius 1 is 1.17 bits per heavy atom. The predicted molar refractivity (Wildman–Crippen MR) is 114 cm³/mol. The highest BCUT2D eigenvalue weighted by Crippen LogP contribution is 2.19. The summed E-state index contributed by atoms with van der Waals surface area (Å²) in [5.41, 5.74) is 2.46. The molecular weight excluding hydrogens is 386 g/mol. The average Bonchev–Trinajstić information content (AvgIpc) is 2.73. The Hall–Kier alpha value is -2.22. The van der Waals surface area contributed by atoms with E-state index in [0.717, 1.165) is 38.0 Å². The number of amides is 1. The average molecular weight is 416 g/mol. The third-order valence-electron chi connectivity index (χ3n) is 5.44. The Kier molecular flexibility index (Phi) is 7.05. The van der Waals surface area contributed by atoms with E-state index in [9.17, 15) is 13.2 Å². The summed E-state index contributed by atoms with van der Waals surface area (Å²) >= 11 is 0. The molecule has 7 heteroatoms. The van der Waals surface area contributed by atoms with Gasteiger partial charge in [0.2, 0.25) is 10.0 Å². The Morgan fingerprint density at radius 2 is 1.93 bits per heavy atom. The summed E-state index contributed by atoms with van der Waals surface area (Å²) in [6, 6.07) is 15.0. The van der Waals surface area contributed by atoms with Crippen LogP contribution in [0.4, 0.5) is 0 Å². The molecule has 0 aliphatic carbocycles. The molecule has 29 heavy (non-hydrogen) atoms. The molecule has 0 radical (unpaired) electrons. The van der Waals surface area contributed by atoms with Gasteiger partial charge in [0.05, 0.1) is 4.90 Å². The number of carbonyl (C=O) groups is 1.